The first-order valence-electron chi connectivity index (χ1n) is 9.38. The number of nitrogens with zero attached hydrogens (tertiary/aromatic N) is 4. The van der Waals surface area contributed by atoms with E-state index in [0.717, 1.165) is 6.20 Å². The number of esters is 1. The second-order valence-corrected chi connectivity index (χ2v) is 7.26. The Morgan fingerprint density at radius 2 is 1.97 bits per heavy atom. The lowest BCUT2D eigenvalue weighted by molar-refractivity contribution is -0.0263. The number of halogens is 3. The number of aromatic nitrogens is 3. The van der Waals surface area contributed by atoms with Gasteiger partial charge >= 0.3 is 5.97 Å². The smallest absolute Gasteiger partial charge is 0.339 e. The van der Waals surface area contributed by atoms with Crippen LogP contribution in [-0.2, 0) is 11.3 Å². The lowest BCUT2D eigenvalue weighted by Gasteiger charge is -2.40. The third-order valence-electron chi connectivity index (χ3n) is 4.85. The Kier molecular flexibility index (Phi) is 5.30. The minimum Gasteiger partial charge on any atom is -0.485 e. The Morgan fingerprint density at radius 3 is 2.65 bits per heavy atom. The number of alkyl halides is 2. The molecule has 0 N–H and O–H groups in total. The molecule has 31 heavy (non-hydrogen) atoms. The summed E-state index contributed by atoms with van der Waals surface area (Å²) in [4.78, 5) is 21.6. The van der Waals surface area contributed by atoms with Crippen LogP contribution in [0.3, 0.4) is 0 Å². The van der Waals surface area contributed by atoms with E-state index in [1.807, 2.05) is 0 Å². The van der Waals surface area contributed by atoms with Crippen LogP contribution in [0.25, 0.3) is 5.82 Å². The summed E-state index contributed by atoms with van der Waals surface area (Å²) in [6.07, 6.45) is 5.57. The van der Waals surface area contributed by atoms with Gasteiger partial charge in [0.05, 0.1) is 43.8 Å². The van der Waals surface area contributed by atoms with Crippen molar-refractivity contribution in [2.45, 2.75) is 19.5 Å². The minimum absolute atomic E-state index is 0.0107. The zero-order valence-corrected chi connectivity index (χ0v) is 16.8. The molecular formula is C21H19F3N4O3. The van der Waals surface area contributed by atoms with E-state index < -0.39 is 30.8 Å². The van der Waals surface area contributed by atoms with Gasteiger partial charge in [-0.1, -0.05) is 0 Å². The number of rotatable bonds is 6. The van der Waals surface area contributed by atoms with E-state index in [1.54, 1.807) is 29.8 Å². The molecule has 1 aliphatic rings. The van der Waals surface area contributed by atoms with Crippen molar-refractivity contribution in [3.8, 4) is 11.6 Å². The molecule has 7 nitrogen and oxygen atoms in total. The fourth-order valence-corrected chi connectivity index (χ4v) is 3.31. The quantitative estimate of drug-likeness (QED) is 0.555. The van der Waals surface area contributed by atoms with Crippen LogP contribution in [0.2, 0.25) is 0 Å². The number of methoxy groups -OCH3 is 1. The minimum atomic E-state index is -2.74. The van der Waals surface area contributed by atoms with Crippen molar-refractivity contribution in [2.75, 3.05) is 25.1 Å². The summed E-state index contributed by atoms with van der Waals surface area (Å²) in [5, 5.41) is 0. The molecule has 3 aromatic heterocycles. The summed E-state index contributed by atoms with van der Waals surface area (Å²) in [5.74, 6) is -3.10. The zero-order valence-electron chi connectivity index (χ0n) is 16.8. The van der Waals surface area contributed by atoms with E-state index >= 15 is 0 Å². The number of hydrogen-bond acceptors (Lipinski definition) is 6. The molecule has 0 unspecified atom stereocenters. The van der Waals surface area contributed by atoms with Crippen molar-refractivity contribution >= 4 is 11.7 Å². The van der Waals surface area contributed by atoms with Crippen LogP contribution in [0.5, 0.6) is 5.75 Å². The van der Waals surface area contributed by atoms with Crippen LogP contribution in [0, 0.1) is 12.7 Å². The van der Waals surface area contributed by atoms with Crippen molar-refractivity contribution in [2.24, 2.45) is 0 Å². The van der Waals surface area contributed by atoms with Crippen molar-refractivity contribution in [3.05, 3.63) is 65.6 Å². The van der Waals surface area contributed by atoms with Gasteiger partial charge in [0, 0.05) is 29.7 Å². The van der Waals surface area contributed by atoms with E-state index in [-0.39, 0.29) is 12.4 Å². The molecule has 0 aromatic carbocycles. The predicted octanol–water partition coefficient (Wildman–Crippen LogP) is 3.54. The van der Waals surface area contributed by atoms with Gasteiger partial charge in [-0.25, -0.2) is 22.9 Å². The molecule has 4 heterocycles. The average Bonchev–Trinajstić information content (AvgIpc) is 3.11. The molecule has 3 aromatic rings. The summed E-state index contributed by atoms with van der Waals surface area (Å²) >= 11 is 0. The molecule has 4 rings (SSSR count). The van der Waals surface area contributed by atoms with Crippen LogP contribution in [-0.4, -0.2) is 46.6 Å². The highest BCUT2D eigenvalue weighted by Crippen LogP contribution is 2.35. The number of pyridine rings is 2. The van der Waals surface area contributed by atoms with Gasteiger partial charge in [-0.15, -0.1) is 0 Å². The Hall–Kier alpha value is -3.56. The van der Waals surface area contributed by atoms with Gasteiger partial charge in [0.15, 0.2) is 11.6 Å². The maximum atomic E-state index is 13.4. The van der Waals surface area contributed by atoms with Gasteiger partial charge in [0.1, 0.15) is 12.4 Å². The van der Waals surface area contributed by atoms with Crippen molar-refractivity contribution in [1.29, 1.82) is 0 Å². The first-order chi connectivity index (χ1) is 14.8. The number of carbonyl (C=O) groups excluding carboxylic acids is 1. The topological polar surface area (TPSA) is 69.5 Å². The molecule has 0 bridgehead atoms. The third kappa shape index (κ3) is 4.32. The maximum absolute atomic E-state index is 13.4. The normalized spacial score (nSPS) is 14.8. The van der Waals surface area contributed by atoms with Gasteiger partial charge in [0.25, 0.3) is 5.92 Å². The fraction of sp³-hybridized carbons (Fsp3) is 0.286. The highest BCUT2D eigenvalue weighted by atomic mass is 19.3. The van der Waals surface area contributed by atoms with E-state index in [9.17, 15) is 18.0 Å². The standard InChI is InChI=1S/C21H19F3N4O3/c1-13-3-15(20(29)30-2)9-28(13)19-18(31-10-14-4-16(22)7-25-6-14)5-17(8-26-19)27-11-21(23,24)12-27/h3-9H,10-12H2,1-2H3. The van der Waals surface area contributed by atoms with Crippen molar-refractivity contribution in [1.82, 2.24) is 14.5 Å². The average molecular weight is 432 g/mol. The fourth-order valence-electron chi connectivity index (χ4n) is 3.31. The number of aryl methyl sites for hydroxylation is 1. The lowest BCUT2D eigenvalue weighted by Crippen LogP contribution is -2.56. The van der Waals surface area contributed by atoms with Crippen LogP contribution in [0.15, 0.2) is 43.0 Å². The van der Waals surface area contributed by atoms with Gasteiger partial charge in [0.2, 0.25) is 0 Å². The van der Waals surface area contributed by atoms with Gasteiger partial charge in [-0.3, -0.25) is 4.98 Å². The Morgan fingerprint density at radius 1 is 1.19 bits per heavy atom. The van der Waals surface area contributed by atoms with E-state index in [0.29, 0.717) is 28.3 Å². The SMILES string of the molecule is COC(=O)c1cc(C)n(-c2ncc(N3CC(F)(F)C3)cc2OCc2cncc(F)c2)c1. The molecule has 162 valence electrons. The maximum Gasteiger partial charge on any atom is 0.339 e. The van der Waals surface area contributed by atoms with E-state index in [1.165, 1.54) is 30.5 Å². The van der Waals surface area contributed by atoms with Gasteiger partial charge in [-0.2, -0.15) is 0 Å². The molecular weight excluding hydrogens is 413 g/mol. The summed E-state index contributed by atoms with van der Waals surface area (Å²) in [6.45, 7) is 0.953. The number of anilines is 1. The predicted molar refractivity (Wildman–Crippen MR) is 105 cm³/mol. The molecule has 1 aliphatic heterocycles. The highest BCUT2D eigenvalue weighted by molar-refractivity contribution is 5.89. The summed E-state index contributed by atoms with van der Waals surface area (Å²) in [7, 11) is 1.28. The van der Waals surface area contributed by atoms with Crippen LogP contribution >= 0.6 is 0 Å². The Bertz CT molecular complexity index is 1120. The molecule has 0 saturated carbocycles. The molecule has 0 amide bonds. The largest absolute Gasteiger partial charge is 0.485 e. The van der Waals surface area contributed by atoms with Gasteiger partial charge in [-0.05, 0) is 19.1 Å². The van der Waals surface area contributed by atoms with Crippen LogP contribution < -0.4 is 9.64 Å². The second kappa shape index (κ2) is 7.93. The molecule has 0 atom stereocenters. The van der Waals surface area contributed by atoms with Crippen molar-refractivity contribution in [3.63, 3.8) is 0 Å². The zero-order chi connectivity index (χ0) is 22.2. The van der Waals surface area contributed by atoms with E-state index in [2.05, 4.69) is 9.97 Å². The summed E-state index contributed by atoms with van der Waals surface area (Å²) in [5.41, 5.74) is 1.98. The van der Waals surface area contributed by atoms with Gasteiger partial charge < -0.3 is 18.9 Å². The van der Waals surface area contributed by atoms with Crippen LogP contribution in [0.1, 0.15) is 21.6 Å². The number of ether oxygens (including phenoxy) is 2. The first kappa shape index (κ1) is 20.7. The summed E-state index contributed by atoms with van der Waals surface area (Å²) in [6, 6.07) is 4.52. The number of hydrogen-bond donors (Lipinski definition) is 0. The summed E-state index contributed by atoms with van der Waals surface area (Å²) < 4.78 is 52.3. The monoisotopic (exact) mass is 432 g/mol. The van der Waals surface area contributed by atoms with E-state index in [4.69, 9.17) is 9.47 Å². The molecule has 0 radical (unpaired) electrons. The Labute approximate surface area is 176 Å². The molecule has 10 heteroatoms. The lowest BCUT2D eigenvalue weighted by atomic mass is 10.1. The third-order valence-corrected chi connectivity index (χ3v) is 4.85. The Balaban J connectivity index is 1.68. The number of carbonyl (C=O) groups is 1. The first-order valence-corrected chi connectivity index (χ1v) is 9.38. The van der Waals surface area contributed by atoms with Crippen LogP contribution in [0.4, 0.5) is 18.9 Å². The molecule has 0 spiro atoms. The second-order valence-electron chi connectivity index (χ2n) is 7.26. The highest BCUT2D eigenvalue weighted by Gasteiger charge is 2.44. The van der Waals surface area contributed by atoms with Crippen molar-refractivity contribution < 1.29 is 27.4 Å². The molecule has 1 fully saturated rings. The molecule has 1 saturated heterocycles. The molecule has 0 aliphatic carbocycles.